The molecule has 2 aliphatic heterocycles. The number of thiol groups is 1. The minimum absolute atomic E-state index is 0.240. The normalized spacial score (nSPS) is 19.4. The summed E-state index contributed by atoms with van der Waals surface area (Å²) in [5, 5.41) is 0.207. The summed E-state index contributed by atoms with van der Waals surface area (Å²) < 4.78 is 20.1. The maximum atomic E-state index is 14.7. The summed E-state index contributed by atoms with van der Waals surface area (Å²) in [6.45, 7) is 4.33. The van der Waals surface area contributed by atoms with Gasteiger partial charge in [-0.25, -0.2) is 9.18 Å². The van der Waals surface area contributed by atoms with Gasteiger partial charge in [0.05, 0.1) is 24.5 Å². The molecule has 0 bridgehead atoms. The van der Waals surface area contributed by atoms with E-state index in [1.165, 1.54) is 15.9 Å². The first-order valence-electron chi connectivity index (χ1n) is 9.10. The molecule has 1 atom stereocenters. The fraction of sp³-hybridized carbons (Fsp3) is 0.500. The van der Waals surface area contributed by atoms with Gasteiger partial charge in [0, 0.05) is 26.7 Å². The van der Waals surface area contributed by atoms with Crippen molar-refractivity contribution in [1.82, 2.24) is 9.80 Å². The number of hydrogen-bond donors (Lipinski definition) is 1. The Labute approximate surface area is 174 Å². The van der Waals surface area contributed by atoms with Crippen molar-refractivity contribution >= 4 is 52.7 Å². The second-order valence-electron chi connectivity index (χ2n) is 6.84. The number of nitrogens with zero attached hydrogens (tertiary/aromatic N) is 4. The third-order valence-electron chi connectivity index (χ3n) is 4.81. The van der Waals surface area contributed by atoms with Crippen LogP contribution in [0.1, 0.15) is 13.3 Å². The lowest BCUT2D eigenvalue weighted by molar-refractivity contribution is 0.119. The maximum Gasteiger partial charge on any atom is 0.414 e. The number of rotatable bonds is 6. The Morgan fingerprint density at radius 3 is 2.71 bits per heavy atom. The fourth-order valence-electron chi connectivity index (χ4n) is 3.36. The molecular formula is C18H23FN4O3S2. The van der Waals surface area contributed by atoms with Crippen molar-refractivity contribution in [2.75, 3.05) is 49.6 Å². The van der Waals surface area contributed by atoms with Crippen LogP contribution in [0.25, 0.3) is 0 Å². The summed E-state index contributed by atoms with van der Waals surface area (Å²) in [7, 11) is 1.87. The lowest BCUT2D eigenvalue weighted by atomic mass is 10.2. The number of ether oxygens (including phenoxy) is 1. The maximum absolute atomic E-state index is 14.7. The monoisotopic (exact) mass is 426 g/mol. The molecule has 2 heterocycles. The number of carbonyl (C=O) groups excluding carboxylic acids is 2. The van der Waals surface area contributed by atoms with E-state index in [2.05, 4.69) is 12.6 Å². The molecule has 28 heavy (non-hydrogen) atoms. The zero-order valence-electron chi connectivity index (χ0n) is 15.8. The van der Waals surface area contributed by atoms with E-state index in [4.69, 9.17) is 17.0 Å². The first-order valence-corrected chi connectivity index (χ1v) is 9.95. The van der Waals surface area contributed by atoms with Gasteiger partial charge >= 0.3 is 6.09 Å². The van der Waals surface area contributed by atoms with Crippen molar-refractivity contribution in [3.05, 3.63) is 24.0 Å². The van der Waals surface area contributed by atoms with Gasteiger partial charge in [-0.05, 0) is 36.8 Å². The minimum Gasteiger partial charge on any atom is -0.442 e. The summed E-state index contributed by atoms with van der Waals surface area (Å²) >= 11 is 9.18. The predicted octanol–water partition coefficient (Wildman–Crippen LogP) is 2.95. The average molecular weight is 427 g/mol. The van der Waals surface area contributed by atoms with E-state index in [9.17, 15) is 14.0 Å². The van der Waals surface area contributed by atoms with Crippen molar-refractivity contribution in [3.8, 4) is 0 Å². The topological polar surface area (TPSA) is 56.3 Å². The first-order chi connectivity index (χ1) is 13.3. The Bertz CT molecular complexity index is 794. The number of hydrogen-bond acceptors (Lipinski definition) is 4. The fourth-order valence-corrected chi connectivity index (χ4v) is 3.82. The molecule has 3 rings (SSSR count). The molecule has 0 unspecified atom stereocenters. The number of amides is 2. The number of likely N-dealkylation sites (N-methyl/N-ethyl adjacent to an activating group) is 1. The summed E-state index contributed by atoms with van der Waals surface area (Å²) in [5.74, 6) is -0.454. The summed E-state index contributed by atoms with van der Waals surface area (Å²) in [5.41, 5.74) is 0.795. The van der Waals surface area contributed by atoms with Crippen molar-refractivity contribution in [2.24, 2.45) is 0 Å². The molecule has 2 fully saturated rings. The standard InChI is InChI=1S/C18H23FN4O3S2/c1-3-6-21(18(25)28)10-13-11-23(17(24)26-13)12-4-5-15(14(19)9-12)22-8-7-20(2)16(22)27/h4-5,9,13H,3,6-8,10-11H2,1-2H3,(H,25,28)/t13-/m1/s1. The van der Waals surface area contributed by atoms with E-state index < -0.39 is 18.0 Å². The van der Waals surface area contributed by atoms with Gasteiger partial charge in [-0.2, -0.15) is 0 Å². The summed E-state index contributed by atoms with van der Waals surface area (Å²) in [4.78, 5) is 30.4. The molecule has 10 heteroatoms. The van der Waals surface area contributed by atoms with Crippen LogP contribution in [0.5, 0.6) is 0 Å². The van der Waals surface area contributed by atoms with Crippen LogP contribution < -0.4 is 9.80 Å². The molecule has 2 amide bonds. The van der Waals surface area contributed by atoms with Gasteiger partial charge in [-0.1, -0.05) is 19.6 Å². The molecule has 0 aromatic heterocycles. The molecule has 2 aliphatic rings. The van der Waals surface area contributed by atoms with Crippen LogP contribution in [0.4, 0.5) is 25.4 Å². The third kappa shape index (κ3) is 4.17. The van der Waals surface area contributed by atoms with Crippen molar-refractivity contribution in [2.45, 2.75) is 19.4 Å². The Balaban J connectivity index is 1.72. The van der Waals surface area contributed by atoms with E-state index >= 15 is 0 Å². The molecule has 0 spiro atoms. The smallest absolute Gasteiger partial charge is 0.414 e. The highest BCUT2D eigenvalue weighted by atomic mass is 32.1. The molecule has 0 radical (unpaired) electrons. The van der Waals surface area contributed by atoms with Crippen molar-refractivity contribution in [3.63, 3.8) is 0 Å². The van der Waals surface area contributed by atoms with Crippen molar-refractivity contribution < 1.29 is 18.7 Å². The Morgan fingerprint density at radius 1 is 1.39 bits per heavy atom. The number of thiocarbonyl (C=S) groups is 1. The molecule has 1 aromatic rings. The summed E-state index contributed by atoms with van der Waals surface area (Å²) in [6, 6.07) is 4.61. The van der Waals surface area contributed by atoms with E-state index in [0.717, 1.165) is 13.0 Å². The van der Waals surface area contributed by atoms with Gasteiger partial charge in [0.2, 0.25) is 0 Å². The van der Waals surface area contributed by atoms with Crippen LogP contribution in [0.15, 0.2) is 18.2 Å². The van der Waals surface area contributed by atoms with Gasteiger partial charge in [0.15, 0.2) is 5.11 Å². The number of halogens is 1. The van der Waals surface area contributed by atoms with Crippen molar-refractivity contribution in [1.29, 1.82) is 0 Å². The number of carbonyl (C=O) groups is 2. The average Bonchev–Trinajstić information content (AvgIpc) is 3.17. The highest BCUT2D eigenvalue weighted by Crippen LogP contribution is 2.29. The van der Waals surface area contributed by atoms with Crippen LogP contribution in [-0.2, 0) is 4.74 Å². The summed E-state index contributed by atoms with van der Waals surface area (Å²) in [6.07, 6.45) is -0.272. The SMILES string of the molecule is CCCN(C[C@@H]1CN(c2ccc(N3CCN(C)C3=S)c(F)c2)C(=O)O1)C(=O)S. The van der Waals surface area contributed by atoms with Gasteiger partial charge < -0.3 is 19.4 Å². The lowest BCUT2D eigenvalue weighted by Crippen LogP contribution is -2.37. The molecule has 2 saturated heterocycles. The minimum atomic E-state index is -0.559. The highest BCUT2D eigenvalue weighted by molar-refractivity contribution is 7.96. The first kappa shape index (κ1) is 20.7. The van der Waals surface area contributed by atoms with E-state index in [1.807, 2.05) is 18.9 Å². The van der Waals surface area contributed by atoms with Gasteiger partial charge in [-0.3, -0.25) is 9.69 Å². The largest absolute Gasteiger partial charge is 0.442 e. The van der Waals surface area contributed by atoms with Crippen LogP contribution in [0.3, 0.4) is 0 Å². The van der Waals surface area contributed by atoms with Crippen LogP contribution in [0, 0.1) is 5.82 Å². The Hall–Kier alpha value is -2.07. The van der Waals surface area contributed by atoms with Gasteiger partial charge in [0.1, 0.15) is 11.9 Å². The number of benzene rings is 1. The molecule has 0 aliphatic carbocycles. The van der Waals surface area contributed by atoms with Crippen LogP contribution in [0.2, 0.25) is 0 Å². The zero-order valence-corrected chi connectivity index (χ0v) is 17.5. The molecular weight excluding hydrogens is 403 g/mol. The molecule has 1 aromatic carbocycles. The Morgan fingerprint density at radius 2 is 2.14 bits per heavy atom. The number of anilines is 2. The molecule has 152 valence electrons. The lowest BCUT2D eigenvalue weighted by Gasteiger charge is -2.22. The van der Waals surface area contributed by atoms with Crippen LogP contribution >= 0.6 is 24.8 Å². The second-order valence-corrected chi connectivity index (χ2v) is 7.58. The molecule has 0 saturated carbocycles. The van der Waals surface area contributed by atoms with E-state index in [0.29, 0.717) is 29.6 Å². The Kier molecular flexibility index (Phi) is 6.29. The molecule has 7 nitrogen and oxygen atoms in total. The number of cyclic esters (lactones) is 1. The quantitative estimate of drug-likeness (QED) is 0.558. The van der Waals surface area contributed by atoms with Gasteiger partial charge in [-0.15, -0.1) is 0 Å². The third-order valence-corrected chi connectivity index (χ3v) is 5.63. The zero-order chi connectivity index (χ0) is 20.4. The van der Waals surface area contributed by atoms with E-state index in [1.54, 1.807) is 17.0 Å². The predicted molar refractivity (Wildman–Crippen MR) is 113 cm³/mol. The molecule has 0 N–H and O–H groups in total. The highest BCUT2D eigenvalue weighted by Gasteiger charge is 2.35. The van der Waals surface area contributed by atoms with E-state index in [-0.39, 0.29) is 18.3 Å². The second kappa shape index (κ2) is 8.52. The van der Waals surface area contributed by atoms with Crippen LogP contribution in [-0.4, -0.2) is 72.1 Å². The van der Waals surface area contributed by atoms with Gasteiger partial charge in [0.25, 0.3) is 5.24 Å².